The molecule has 18 heavy (non-hydrogen) atoms. The van der Waals surface area contributed by atoms with E-state index in [1.807, 2.05) is 22.8 Å². The lowest BCUT2D eigenvalue weighted by molar-refractivity contribution is 0.491. The molecule has 1 heterocycles. The number of H-pyrrole nitrogens is 1. The van der Waals surface area contributed by atoms with Gasteiger partial charge in [0.15, 0.2) is 4.77 Å². The van der Waals surface area contributed by atoms with Gasteiger partial charge in [-0.15, -0.1) is 0 Å². The molecule has 0 spiro atoms. The predicted octanol–water partition coefficient (Wildman–Crippen LogP) is 3.10. The molecule has 94 valence electrons. The third-order valence-corrected chi connectivity index (χ3v) is 3.33. The van der Waals surface area contributed by atoms with E-state index in [0.717, 1.165) is 12.8 Å². The minimum Gasteiger partial charge on any atom is -0.322 e. The van der Waals surface area contributed by atoms with Crippen molar-refractivity contribution in [1.29, 1.82) is 0 Å². The number of aromatic amines is 1. The highest BCUT2D eigenvalue weighted by molar-refractivity contribution is 7.71. The lowest BCUT2D eigenvalue weighted by Gasteiger charge is -2.15. The molecule has 0 aliphatic heterocycles. The van der Waals surface area contributed by atoms with Crippen LogP contribution in [0.5, 0.6) is 0 Å². The van der Waals surface area contributed by atoms with Gasteiger partial charge in [-0.1, -0.05) is 30.3 Å². The van der Waals surface area contributed by atoms with Crippen molar-refractivity contribution in [3.63, 3.8) is 0 Å². The van der Waals surface area contributed by atoms with Gasteiger partial charge < -0.3 is 4.57 Å². The summed E-state index contributed by atoms with van der Waals surface area (Å²) >= 11 is 5.15. The van der Waals surface area contributed by atoms with Crippen LogP contribution in [0.2, 0.25) is 0 Å². The zero-order valence-corrected chi connectivity index (χ0v) is 11.1. The van der Waals surface area contributed by atoms with Gasteiger partial charge in [0.25, 0.3) is 5.56 Å². The van der Waals surface area contributed by atoms with E-state index in [4.69, 9.17) is 12.2 Å². The smallest absolute Gasteiger partial charge is 0.251 e. The van der Waals surface area contributed by atoms with Gasteiger partial charge in [0.05, 0.1) is 0 Å². The molecule has 0 saturated heterocycles. The summed E-state index contributed by atoms with van der Waals surface area (Å²) < 4.78 is 2.42. The fourth-order valence-corrected chi connectivity index (χ4v) is 2.28. The van der Waals surface area contributed by atoms with Crippen LogP contribution in [0.15, 0.2) is 47.4 Å². The number of hydrogen-bond acceptors (Lipinski definition) is 2. The number of nitrogens with zero attached hydrogens (tertiary/aromatic N) is 1. The van der Waals surface area contributed by atoms with Gasteiger partial charge in [-0.25, -0.2) is 0 Å². The SMILES string of the molecule is CC(CCc1ccccc1)n1ccc(=O)[nH]c1=S. The number of aryl methyl sites for hydroxylation is 1. The second-order valence-electron chi connectivity index (χ2n) is 4.39. The average molecular weight is 260 g/mol. The molecule has 0 saturated carbocycles. The highest BCUT2D eigenvalue weighted by atomic mass is 32.1. The maximum Gasteiger partial charge on any atom is 0.251 e. The van der Waals surface area contributed by atoms with Crippen molar-refractivity contribution in [1.82, 2.24) is 9.55 Å². The molecular formula is C14H16N2OS. The van der Waals surface area contributed by atoms with Gasteiger partial charge in [-0.05, 0) is 37.5 Å². The van der Waals surface area contributed by atoms with Crippen molar-refractivity contribution in [3.05, 3.63) is 63.3 Å². The first-order chi connectivity index (χ1) is 8.66. The Labute approximate surface area is 111 Å². The Kier molecular flexibility index (Phi) is 4.10. The summed E-state index contributed by atoms with van der Waals surface area (Å²) in [7, 11) is 0. The average Bonchev–Trinajstić information content (AvgIpc) is 2.37. The minimum atomic E-state index is -0.147. The van der Waals surface area contributed by atoms with E-state index in [2.05, 4.69) is 24.0 Å². The molecule has 2 aromatic rings. The van der Waals surface area contributed by atoms with Crippen LogP contribution in [0.3, 0.4) is 0 Å². The molecule has 1 unspecified atom stereocenters. The van der Waals surface area contributed by atoms with Crippen molar-refractivity contribution in [2.45, 2.75) is 25.8 Å². The Morgan fingerprint density at radius 3 is 2.67 bits per heavy atom. The van der Waals surface area contributed by atoms with Crippen LogP contribution >= 0.6 is 12.2 Å². The van der Waals surface area contributed by atoms with Crippen LogP contribution in [0.4, 0.5) is 0 Å². The lowest BCUT2D eigenvalue weighted by atomic mass is 10.1. The molecule has 0 bridgehead atoms. The summed E-state index contributed by atoms with van der Waals surface area (Å²) in [5.41, 5.74) is 1.17. The number of hydrogen-bond donors (Lipinski definition) is 1. The molecule has 0 aliphatic carbocycles. The first kappa shape index (κ1) is 12.8. The topological polar surface area (TPSA) is 37.8 Å². The predicted molar refractivity (Wildman–Crippen MR) is 75.4 cm³/mol. The Morgan fingerprint density at radius 1 is 1.28 bits per heavy atom. The maximum absolute atomic E-state index is 11.1. The van der Waals surface area contributed by atoms with E-state index < -0.39 is 0 Å². The van der Waals surface area contributed by atoms with Gasteiger partial charge in [0.1, 0.15) is 0 Å². The molecule has 0 radical (unpaired) electrons. The zero-order valence-electron chi connectivity index (χ0n) is 10.3. The highest BCUT2D eigenvalue weighted by Crippen LogP contribution is 2.14. The molecule has 0 fully saturated rings. The zero-order chi connectivity index (χ0) is 13.0. The van der Waals surface area contributed by atoms with Crippen molar-refractivity contribution < 1.29 is 0 Å². The van der Waals surface area contributed by atoms with Crippen LogP contribution in [-0.2, 0) is 6.42 Å². The summed E-state index contributed by atoms with van der Waals surface area (Å²) in [4.78, 5) is 13.7. The molecule has 1 N–H and O–H groups in total. The second kappa shape index (κ2) is 5.78. The number of rotatable bonds is 4. The monoisotopic (exact) mass is 260 g/mol. The number of benzene rings is 1. The van der Waals surface area contributed by atoms with Gasteiger partial charge in [0.2, 0.25) is 0 Å². The fourth-order valence-electron chi connectivity index (χ4n) is 1.93. The van der Waals surface area contributed by atoms with Gasteiger partial charge in [0, 0.05) is 18.3 Å². The standard InChI is InChI=1S/C14H16N2OS/c1-11(7-8-12-5-3-2-4-6-12)16-10-9-13(17)15-14(16)18/h2-6,9-11H,7-8H2,1H3,(H,15,17,18). The van der Waals surface area contributed by atoms with E-state index in [-0.39, 0.29) is 11.6 Å². The first-order valence-corrected chi connectivity index (χ1v) is 6.43. The molecule has 2 rings (SSSR count). The lowest BCUT2D eigenvalue weighted by Crippen LogP contribution is -2.14. The maximum atomic E-state index is 11.1. The van der Waals surface area contributed by atoms with Crippen LogP contribution in [0.25, 0.3) is 0 Å². The Bertz CT molecular complexity index is 615. The summed E-state index contributed by atoms with van der Waals surface area (Å²) in [6, 6.07) is 12.1. The normalized spacial score (nSPS) is 12.3. The van der Waals surface area contributed by atoms with E-state index in [1.165, 1.54) is 11.6 Å². The van der Waals surface area contributed by atoms with Crippen molar-refractivity contribution in [2.75, 3.05) is 0 Å². The molecule has 4 heteroatoms. The van der Waals surface area contributed by atoms with Crippen LogP contribution < -0.4 is 5.56 Å². The number of nitrogens with one attached hydrogen (secondary N) is 1. The van der Waals surface area contributed by atoms with Gasteiger partial charge in [-0.2, -0.15) is 0 Å². The molecule has 1 aromatic carbocycles. The summed E-state index contributed by atoms with van der Waals surface area (Å²) in [6.45, 7) is 2.11. The summed E-state index contributed by atoms with van der Waals surface area (Å²) in [5.74, 6) is 0. The highest BCUT2D eigenvalue weighted by Gasteiger charge is 2.05. The largest absolute Gasteiger partial charge is 0.322 e. The molecular weight excluding hydrogens is 244 g/mol. The molecule has 1 atom stereocenters. The van der Waals surface area contributed by atoms with Crippen LogP contribution in [-0.4, -0.2) is 9.55 Å². The van der Waals surface area contributed by atoms with E-state index in [9.17, 15) is 4.79 Å². The van der Waals surface area contributed by atoms with E-state index in [0.29, 0.717) is 4.77 Å². The van der Waals surface area contributed by atoms with E-state index in [1.54, 1.807) is 6.20 Å². The molecule has 1 aromatic heterocycles. The number of aromatic nitrogens is 2. The minimum absolute atomic E-state index is 0.147. The van der Waals surface area contributed by atoms with Crippen LogP contribution in [0, 0.1) is 4.77 Å². The fraction of sp³-hybridized carbons (Fsp3) is 0.286. The molecule has 3 nitrogen and oxygen atoms in total. The van der Waals surface area contributed by atoms with E-state index >= 15 is 0 Å². The van der Waals surface area contributed by atoms with Crippen LogP contribution in [0.1, 0.15) is 24.9 Å². The molecule has 0 amide bonds. The first-order valence-electron chi connectivity index (χ1n) is 6.02. The van der Waals surface area contributed by atoms with Gasteiger partial charge in [-0.3, -0.25) is 9.78 Å². The Morgan fingerprint density at radius 2 is 2.00 bits per heavy atom. The summed E-state index contributed by atoms with van der Waals surface area (Å²) in [5, 5.41) is 0. The molecule has 0 aliphatic rings. The third kappa shape index (κ3) is 3.17. The Balaban J connectivity index is 2.06. The van der Waals surface area contributed by atoms with Gasteiger partial charge >= 0.3 is 0 Å². The Hall–Kier alpha value is -1.68. The quantitative estimate of drug-likeness (QED) is 0.858. The summed E-state index contributed by atoms with van der Waals surface area (Å²) in [6.07, 6.45) is 3.75. The van der Waals surface area contributed by atoms with Crippen molar-refractivity contribution in [2.24, 2.45) is 0 Å². The third-order valence-electron chi connectivity index (χ3n) is 3.02. The second-order valence-corrected chi connectivity index (χ2v) is 4.78. The van der Waals surface area contributed by atoms with Crippen molar-refractivity contribution in [3.8, 4) is 0 Å². The van der Waals surface area contributed by atoms with Crippen molar-refractivity contribution >= 4 is 12.2 Å².